The lowest BCUT2D eigenvalue weighted by Gasteiger charge is -2.31. The summed E-state index contributed by atoms with van der Waals surface area (Å²) in [5, 5.41) is 3.11. The molecular weight excluding hydrogens is 428 g/mol. The number of aryl methyl sites for hydroxylation is 1. The van der Waals surface area contributed by atoms with Crippen molar-refractivity contribution in [1.82, 2.24) is 19.8 Å². The van der Waals surface area contributed by atoms with Crippen molar-refractivity contribution in [3.8, 4) is 0 Å². The summed E-state index contributed by atoms with van der Waals surface area (Å²) in [4.78, 5) is 20.0. The van der Waals surface area contributed by atoms with Gasteiger partial charge in [0.25, 0.3) is 0 Å². The molecule has 2 aromatic carbocycles. The molecule has 2 heterocycles. The molecule has 1 atom stereocenters. The number of para-hydroxylation sites is 2. The van der Waals surface area contributed by atoms with Gasteiger partial charge in [-0.2, -0.15) is 0 Å². The third-order valence-corrected chi connectivity index (χ3v) is 6.20. The van der Waals surface area contributed by atoms with Crippen molar-refractivity contribution in [2.45, 2.75) is 39.4 Å². The Morgan fingerprint density at radius 3 is 2.79 bits per heavy atom. The molecule has 0 aliphatic carbocycles. The van der Waals surface area contributed by atoms with Crippen molar-refractivity contribution in [3.63, 3.8) is 0 Å². The number of piperidine rings is 1. The van der Waals surface area contributed by atoms with Crippen LogP contribution in [0.5, 0.6) is 0 Å². The third-order valence-electron chi connectivity index (χ3n) is 5.67. The van der Waals surface area contributed by atoms with Gasteiger partial charge in [-0.1, -0.05) is 40.2 Å². The zero-order chi connectivity index (χ0) is 20.2. The fraction of sp³-hybridized carbons (Fsp3) is 0.391. The molecular formula is C23H27BrN4O. The predicted octanol–water partition coefficient (Wildman–Crippen LogP) is 4.35. The number of carbonyl (C=O) groups is 1. The number of halogens is 1. The summed E-state index contributed by atoms with van der Waals surface area (Å²) in [6, 6.07) is 16.4. The van der Waals surface area contributed by atoms with Gasteiger partial charge in [0.05, 0.1) is 23.5 Å². The first kappa shape index (κ1) is 20.1. The average Bonchev–Trinajstić information content (AvgIpc) is 3.10. The number of imidazole rings is 1. The molecule has 29 heavy (non-hydrogen) atoms. The SMILES string of the molecule is CCn1c(CN2CCC[C@H](C(=O)NCc3ccc(Br)cc3)C2)nc2ccccc21. The van der Waals surface area contributed by atoms with Gasteiger partial charge in [-0.25, -0.2) is 4.98 Å². The van der Waals surface area contributed by atoms with Crippen LogP contribution in [-0.2, 0) is 24.4 Å². The van der Waals surface area contributed by atoms with Crippen LogP contribution in [0, 0.1) is 5.92 Å². The maximum Gasteiger partial charge on any atom is 0.224 e. The standard InChI is InChI=1S/C23H27BrN4O/c1-2-28-21-8-4-3-7-20(21)26-22(28)16-27-13-5-6-18(15-27)23(29)25-14-17-9-11-19(24)12-10-17/h3-4,7-12,18H,2,5-6,13-16H2,1H3,(H,25,29)/t18-/m0/s1. The van der Waals surface area contributed by atoms with Crippen LogP contribution in [0.4, 0.5) is 0 Å². The number of carbonyl (C=O) groups excluding carboxylic acids is 1. The first-order valence-electron chi connectivity index (χ1n) is 10.3. The van der Waals surface area contributed by atoms with Crippen molar-refractivity contribution in [1.29, 1.82) is 0 Å². The Morgan fingerprint density at radius 1 is 1.21 bits per heavy atom. The van der Waals surface area contributed by atoms with Gasteiger partial charge in [0, 0.05) is 24.1 Å². The van der Waals surface area contributed by atoms with Crippen LogP contribution < -0.4 is 5.32 Å². The number of amides is 1. The molecule has 1 aromatic heterocycles. The summed E-state index contributed by atoms with van der Waals surface area (Å²) in [5.41, 5.74) is 3.35. The Bertz CT molecular complexity index is 982. The Kier molecular flexibility index (Phi) is 6.31. The van der Waals surface area contributed by atoms with Crippen molar-refractivity contribution >= 4 is 32.9 Å². The van der Waals surface area contributed by atoms with E-state index in [9.17, 15) is 4.79 Å². The molecule has 3 aromatic rings. The van der Waals surface area contributed by atoms with Gasteiger partial charge in [-0.15, -0.1) is 0 Å². The van der Waals surface area contributed by atoms with Crippen LogP contribution in [0.15, 0.2) is 53.0 Å². The van der Waals surface area contributed by atoms with Gasteiger partial charge in [0.2, 0.25) is 5.91 Å². The van der Waals surface area contributed by atoms with Gasteiger partial charge in [-0.3, -0.25) is 9.69 Å². The predicted molar refractivity (Wildman–Crippen MR) is 119 cm³/mol. The summed E-state index contributed by atoms with van der Waals surface area (Å²) in [6.07, 6.45) is 2.00. The quantitative estimate of drug-likeness (QED) is 0.602. The van der Waals surface area contributed by atoms with Gasteiger partial charge in [0.1, 0.15) is 5.82 Å². The number of likely N-dealkylation sites (tertiary alicyclic amines) is 1. The van der Waals surface area contributed by atoms with Crippen molar-refractivity contribution in [2.75, 3.05) is 13.1 Å². The third kappa shape index (κ3) is 4.70. The lowest BCUT2D eigenvalue weighted by atomic mass is 9.97. The molecule has 1 aliphatic heterocycles. The van der Waals surface area contributed by atoms with E-state index in [0.717, 1.165) is 60.4 Å². The van der Waals surface area contributed by atoms with Crippen LogP contribution >= 0.6 is 15.9 Å². The summed E-state index contributed by atoms with van der Waals surface area (Å²) in [7, 11) is 0. The van der Waals surface area contributed by atoms with Crippen molar-refractivity contribution in [2.24, 2.45) is 5.92 Å². The molecule has 0 radical (unpaired) electrons. The number of benzene rings is 2. The van der Waals surface area contributed by atoms with Gasteiger partial charge < -0.3 is 9.88 Å². The van der Waals surface area contributed by atoms with Gasteiger partial charge >= 0.3 is 0 Å². The number of aromatic nitrogens is 2. The maximum atomic E-state index is 12.7. The number of hydrogen-bond donors (Lipinski definition) is 1. The zero-order valence-electron chi connectivity index (χ0n) is 16.8. The van der Waals surface area contributed by atoms with E-state index in [2.05, 4.69) is 55.8 Å². The van der Waals surface area contributed by atoms with E-state index < -0.39 is 0 Å². The largest absolute Gasteiger partial charge is 0.352 e. The second-order valence-corrected chi connectivity index (χ2v) is 8.60. The smallest absolute Gasteiger partial charge is 0.224 e. The van der Waals surface area contributed by atoms with Crippen LogP contribution in [0.2, 0.25) is 0 Å². The molecule has 0 saturated carbocycles. The molecule has 1 saturated heterocycles. The number of nitrogens with one attached hydrogen (secondary N) is 1. The maximum absolute atomic E-state index is 12.7. The first-order chi connectivity index (χ1) is 14.1. The van der Waals surface area contributed by atoms with E-state index in [4.69, 9.17) is 4.98 Å². The van der Waals surface area contributed by atoms with E-state index >= 15 is 0 Å². The number of rotatable bonds is 6. The molecule has 0 bridgehead atoms. The molecule has 5 nitrogen and oxygen atoms in total. The zero-order valence-corrected chi connectivity index (χ0v) is 18.4. The summed E-state index contributed by atoms with van der Waals surface area (Å²) in [5.74, 6) is 1.28. The second-order valence-electron chi connectivity index (χ2n) is 7.68. The van der Waals surface area contributed by atoms with Gasteiger partial charge in [-0.05, 0) is 56.1 Å². The second kappa shape index (κ2) is 9.09. The highest BCUT2D eigenvalue weighted by molar-refractivity contribution is 9.10. The van der Waals surface area contributed by atoms with Crippen LogP contribution in [0.1, 0.15) is 31.2 Å². The Morgan fingerprint density at radius 2 is 2.00 bits per heavy atom. The first-order valence-corrected chi connectivity index (χ1v) is 11.1. The Labute approximate surface area is 180 Å². The van der Waals surface area contributed by atoms with Crippen molar-refractivity contribution in [3.05, 3.63) is 64.4 Å². The molecule has 0 unspecified atom stereocenters. The normalized spacial score (nSPS) is 17.5. The number of nitrogens with zero attached hydrogens (tertiary/aromatic N) is 3. The van der Waals surface area contributed by atoms with Crippen molar-refractivity contribution < 1.29 is 4.79 Å². The monoisotopic (exact) mass is 454 g/mol. The highest BCUT2D eigenvalue weighted by atomic mass is 79.9. The molecule has 1 amide bonds. The molecule has 6 heteroatoms. The lowest BCUT2D eigenvalue weighted by Crippen LogP contribution is -2.42. The fourth-order valence-corrected chi connectivity index (χ4v) is 4.41. The Hall–Kier alpha value is -2.18. The lowest BCUT2D eigenvalue weighted by molar-refractivity contribution is -0.127. The van der Waals surface area contributed by atoms with E-state index in [1.165, 1.54) is 5.52 Å². The van der Waals surface area contributed by atoms with E-state index in [-0.39, 0.29) is 11.8 Å². The summed E-state index contributed by atoms with van der Waals surface area (Å²) in [6.45, 7) is 6.24. The molecule has 152 valence electrons. The van der Waals surface area contributed by atoms with Crippen LogP contribution in [0.3, 0.4) is 0 Å². The van der Waals surface area contributed by atoms with Gasteiger partial charge in [0.15, 0.2) is 0 Å². The van der Waals surface area contributed by atoms with Crippen LogP contribution in [-0.4, -0.2) is 33.4 Å². The van der Waals surface area contributed by atoms with E-state index in [1.807, 2.05) is 30.3 Å². The minimum absolute atomic E-state index is 0.0404. The summed E-state index contributed by atoms with van der Waals surface area (Å²) < 4.78 is 3.33. The number of hydrogen-bond acceptors (Lipinski definition) is 3. The van der Waals surface area contributed by atoms with Crippen LogP contribution in [0.25, 0.3) is 11.0 Å². The van der Waals surface area contributed by atoms with E-state index in [0.29, 0.717) is 6.54 Å². The summed E-state index contributed by atoms with van der Waals surface area (Å²) >= 11 is 3.44. The Balaban J connectivity index is 1.38. The molecule has 1 fully saturated rings. The molecule has 1 N–H and O–H groups in total. The topological polar surface area (TPSA) is 50.2 Å². The molecule has 1 aliphatic rings. The minimum atomic E-state index is 0.0404. The fourth-order valence-electron chi connectivity index (χ4n) is 4.15. The molecule has 4 rings (SSSR count). The highest BCUT2D eigenvalue weighted by Crippen LogP contribution is 2.22. The minimum Gasteiger partial charge on any atom is -0.352 e. The molecule has 0 spiro atoms. The average molecular weight is 455 g/mol. The number of fused-ring (bicyclic) bond motifs is 1. The van der Waals surface area contributed by atoms with E-state index in [1.54, 1.807) is 0 Å². The highest BCUT2D eigenvalue weighted by Gasteiger charge is 2.26.